The lowest BCUT2D eigenvalue weighted by Crippen LogP contribution is -2.19. The molecule has 0 aromatic carbocycles. The first-order valence-electron chi connectivity index (χ1n) is 4.62. The lowest BCUT2D eigenvalue weighted by Gasteiger charge is -2.02. The van der Waals surface area contributed by atoms with Crippen molar-refractivity contribution in [1.29, 1.82) is 0 Å². The van der Waals surface area contributed by atoms with Crippen molar-refractivity contribution in [1.82, 2.24) is 20.3 Å². The highest BCUT2D eigenvalue weighted by Crippen LogP contribution is 2.19. The Morgan fingerprint density at radius 3 is 3.13 bits per heavy atom. The summed E-state index contributed by atoms with van der Waals surface area (Å²) in [6.07, 6.45) is 3.56. The molecule has 6 heteroatoms. The molecule has 2 aromatic heterocycles. The number of thiophene rings is 1. The van der Waals surface area contributed by atoms with Crippen molar-refractivity contribution in [3.8, 4) is 0 Å². The largest absolute Gasteiger partial charge is 0.310 e. The number of nitrogens with one attached hydrogen (secondary N) is 1. The van der Waals surface area contributed by atoms with Gasteiger partial charge in [0.1, 0.15) is 0 Å². The van der Waals surface area contributed by atoms with E-state index in [1.807, 2.05) is 10.9 Å². The zero-order valence-electron chi connectivity index (χ0n) is 8.06. The van der Waals surface area contributed by atoms with Gasteiger partial charge in [0.05, 0.1) is 12.7 Å². The first-order chi connectivity index (χ1) is 7.34. The van der Waals surface area contributed by atoms with E-state index in [1.165, 1.54) is 4.88 Å². The molecule has 0 saturated carbocycles. The second-order valence-electron chi connectivity index (χ2n) is 3.07. The third-order valence-electron chi connectivity index (χ3n) is 1.91. The molecule has 0 amide bonds. The average molecular weight is 287 g/mol. The highest BCUT2D eigenvalue weighted by atomic mass is 79.9. The van der Waals surface area contributed by atoms with Crippen LogP contribution in [-0.2, 0) is 13.1 Å². The van der Waals surface area contributed by atoms with Gasteiger partial charge in [0.25, 0.3) is 0 Å². The van der Waals surface area contributed by atoms with Crippen LogP contribution in [0.4, 0.5) is 0 Å². The van der Waals surface area contributed by atoms with Gasteiger partial charge in [-0.15, -0.1) is 16.4 Å². The van der Waals surface area contributed by atoms with Crippen molar-refractivity contribution in [2.45, 2.75) is 13.1 Å². The van der Waals surface area contributed by atoms with Crippen LogP contribution in [0.2, 0.25) is 0 Å². The van der Waals surface area contributed by atoms with Gasteiger partial charge < -0.3 is 5.32 Å². The summed E-state index contributed by atoms with van der Waals surface area (Å²) in [6.45, 7) is 2.66. The molecule has 0 bridgehead atoms. The second kappa shape index (κ2) is 5.39. The fourth-order valence-electron chi connectivity index (χ4n) is 1.20. The van der Waals surface area contributed by atoms with Crippen molar-refractivity contribution < 1.29 is 0 Å². The fourth-order valence-corrected chi connectivity index (χ4v) is 2.62. The number of hydrogen-bond donors (Lipinski definition) is 1. The smallest absolute Gasteiger partial charge is 0.0692 e. The Morgan fingerprint density at radius 2 is 2.47 bits per heavy atom. The van der Waals surface area contributed by atoms with Gasteiger partial charge in [-0.3, -0.25) is 4.68 Å². The van der Waals surface area contributed by atoms with E-state index in [9.17, 15) is 0 Å². The van der Waals surface area contributed by atoms with Crippen molar-refractivity contribution in [3.63, 3.8) is 0 Å². The minimum atomic E-state index is 0.854. The molecule has 0 saturated heterocycles. The summed E-state index contributed by atoms with van der Waals surface area (Å²) in [4.78, 5) is 1.33. The standard InChI is InChI=1S/C9H11BrN4S/c10-8-5-9(15-7-8)6-11-1-3-14-4-2-12-13-14/h2,4-5,7,11H,1,3,6H2. The summed E-state index contributed by atoms with van der Waals surface area (Å²) in [6, 6.07) is 2.13. The highest BCUT2D eigenvalue weighted by molar-refractivity contribution is 9.10. The van der Waals surface area contributed by atoms with E-state index in [0.717, 1.165) is 24.1 Å². The van der Waals surface area contributed by atoms with Gasteiger partial charge in [0, 0.05) is 34.0 Å². The lowest BCUT2D eigenvalue weighted by molar-refractivity contribution is 0.542. The molecule has 80 valence electrons. The molecule has 0 fully saturated rings. The Labute approximate surface area is 100 Å². The maximum atomic E-state index is 3.89. The van der Waals surface area contributed by atoms with E-state index < -0.39 is 0 Å². The van der Waals surface area contributed by atoms with Crippen molar-refractivity contribution >= 4 is 27.3 Å². The van der Waals surface area contributed by atoms with Gasteiger partial charge >= 0.3 is 0 Å². The molecule has 0 aliphatic rings. The van der Waals surface area contributed by atoms with Crippen LogP contribution in [0.3, 0.4) is 0 Å². The van der Waals surface area contributed by atoms with Gasteiger partial charge in [-0.05, 0) is 22.0 Å². The maximum Gasteiger partial charge on any atom is 0.0692 e. The van der Waals surface area contributed by atoms with Crippen LogP contribution in [0.5, 0.6) is 0 Å². The molecule has 0 spiro atoms. The summed E-state index contributed by atoms with van der Waals surface area (Å²) < 4.78 is 2.97. The van der Waals surface area contributed by atoms with Crippen LogP contribution in [0.25, 0.3) is 0 Å². The topological polar surface area (TPSA) is 42.7 Å². The van der Waals surface area contributed by atoms with Crippen LogP contribution in [0, 0.1) is 0 Å². The average Bonchev–Trinajstić information content (AvgIpc) is 2.84. The third kappa shape index (κ3) is 3.40. The number of rotatable bonds is 5. The number of hydrogen-bond acceptors (Lipinski definition) is 4. The number of halogens is 1. The molecule has 2 rings (SSSR count). The third-order valence-corrected chi connectivity index (χ3v) is 3.61. The molecule has 0 aliphatic heterocycles. The summed E-state index contributed by atoms with van der Waals surface area (Å²) in [5, 5.41) is 13.1. The zero-order valence-corrected chi connectivity index (χ0v) is 10.5. The first-order valence-corrected chi connectivity index (χ1v) is 6.29. The van der Waals surface area contributed by atoms with Gasteiger partial charge in [0.15, 0.2) is 0 Å². The Morgan fingerprint density at radius 1 is 1.53 bits per heavy atom. The maximum absolute atomic E-state index is 3.89. The molecule has 1 N–H and O–H groups in total. The molecule has 2 aromatic rings. The first kappa shape index (κ1) is 10.8. The zero-order chi connectivity index (χ0) is 10.5. The predicted molar refractivity (Wildman–Crippen MR) is 63.7 cm³/mol. The minimum absolute atomic E-state index is 0.854. The Bertz CT molecular complexity index is 398. The van der Waals surface area contributed by atoms with Crippen LogP contribution in [0.1, 0.15) is 4.88 Å². The Hall–Kier alpha value is -0.720. The molecule has 0 radical (unpaired) electrons. The van der Waals surface area contributed by atoms with Crippen molar-refractivity contribution in [3.05, 3.63) is 33.2 Å². The molecule has 0 unspecified atom stereocenters. The predicted octanol–water partition coefficient (Wildman–Crippen LogP) is 1.89. The van der Waals surface area contributed by atoms with Crippen LogP contribution < -0.4 is 5.32 Å². The van der Waals surface area contributed by atoms with Gasteiger partial charge in [0.2, 0.25) is 0 Å². The molecule has 2 heterocycles. The van der Waals surface area contributed by atoms with Crippen molar-refractivity contribution in [2.75, 3.05) is 6.54 Å². The molecular formula is C9H11BrN4S. The summed E-state index contributed by atoms with van der Waals surface area (Å²) in [5.41, 5.74) is 0. The van der Waals surface area contributed by atoms with Crippen LogP contribution in [-0.4, -0.2) is 21.5 Å². The van der Waals surface area contributed by atoms with Crippen LogP contribution >= 0.6 is 27.3 Å². The fraction of sp³-hybridized carbons (Fsp3) is 0.333. The SMILES string of the molecule is Brc1csc(CNCCn2ccnn2)c1. The van der Waals surface area contributed by atoms with Gasteiger partial charge in [-0.2, -0.15) is 0 Å². The number of aromatic nitrogens is 3. The Balaban J connectivity index is 1.67. The quantitative estimate of drug-likeness (QED) is 0.854. The van der Waals surface area contributed by atoms with E-state index in [2.05, 4.69) is 43.0 Å². The number of nitrogens with zero attached hydrogens (tertiary/aromatic N) is 3. The summed E-state index contributed by atoms with van der Waals surface area (Å²) >= 11 is 5.19. The van der Waals surface area contributed by atoms with E-state index in [0.29, 0.717) is 0 Å². The van der Waals surface area contributed by atoms with Crippen molar-refractivity contribution in [2.24, 2.45) is 0 Å². The summed E-state index contributed by atoms with van der Waals surface area (Å²) in [7, 11) is 0. The van der Waals surface area contributed by atoms with E-state index >= 15 is 0 Å². The van der Waals surface area contributed by atoms with E-state index in [-0.39, 0.29) is 0 Å². The molecular weight excluding hydrogens is 276 g/mol. The lowest BCUT2D eigenvalue weighted by atomic mass is 10.4. The van der Waals surface area contributed by atoms with Crippen LogP contribution in [0.15, 0.2) is 28.3 Å². The molecule has 4 nitrogen and oxygen atoms in total. The van der Waals surface area contributed by atoms with E-state index in [4.69, 9.17) is 0 Å². The summed E-state index contributed by atoms with van der Waals surface area (Å²) in [5.74, 6) is 0. The normalized spacial score (nSPS) is 10.7. The molecule has 15 heavy (non-hydrogen) atoms. The molecule has 0 atom stereocenters. The van der Waals surface area contributed by atoms with Gasteiger partial charge in [-0.25, -0.2) is 0 Å². The minimum Gasteiger partial charge on any atom is -0.310 e. The monoisotopic (exact) mass is 286 g/mol. The van der Waals surface area contributed by atoms with Gasteiger partial charge in [-0.1, -0.05) is 5.21 Å². The van der Waals surface area contributed by atoms with E-state index in [1.54, 1.807) is 17.5 Å². The highest BCUT2D eigenvalue weighted by Gasteiger charge is 1.97. The second-order valence-corrected chi connectivity index (χ2v) is 4.99. The molecule has 0 aliphatic carbocycles. The Kier molecular flexibility index (Phi) is 3.87.